The van der Waals surface area contributed by atoms with Gasteiger partial charge in [-0.25, -0.2) is 9.69 Å². The second-order valence-corrected chi connectivity index (χ2v) is 12.1. The molecule has 0 saturated heterocycles. The fraction of sp³-hybridized carbons (Fsp3) is 0.514. The highest BCUT2D eigenvalue weighted by Crippen LogP contribution is 2.24. The van der Waals surface area contributed by atoms with E-state index in [1.165, 1.54) is 13.8 Å². The molecule has 0 aliphatic carbocycles. The molecule has 6 N–H and O–H groups in total. The zero-order valence-corrected chi connectivity index (χ0v) is 28.2. The lowest BCUT2D eigenvalue weighted by molar-refractivity contribution is -0.139. The molecule has 0 aliphatic heterocycles. The predicted octanol–water partition coefficient (Wildman–Crippen LogP) is 3.12. The summed E-state index contributed by atoms with van der Waals surface area (Å²) >= 11 is 0. The highest BCUT2D eigenvalue weighted by molar-refractivity contribution is 5.99. The zero-order valence-electron chi connectivity index (χ0n) is 28.2. The Morgan fingerprint density at radius 3 is 2.13 bits per heavy atom. The molecule has 0 radical (unpaired) electrons. The van der Waals surface area contributed by atoms with Crippen LogP contribution in [0.2, 0.25) is 0 Å². The number of unbranched alkanes of at least 4 members (excludes halogenated alkanes) is 2. The monoisotopic (exact) mass is 653 g/mol. The molecule has 0 aliphatic rings. The van der Waals surface area contributed by atoms with Crippen molar-refractivity contribution >= 4 is 29.7 Å². The molecule has 2 rings (SSSR count). The van der Waals surface area contributed by atoms with Crippen LogP contribution in [0.25, 0.3) is 11.1 Å². The molecular weight excluding hydrogens is 602 g/mol. The number of ether oxygens (including phenoxy) is 1. The van der Waals surface area contributed by atoms with Gasteiger partial charge in [0.25, 0.3) is 0 Å². The van der Waals surface area contributed by atoms with Gasteiger partial charge in [0.15, 0.2) is 0 Å². The van der Waals surface area contributed by atoms with E-state index in [2.05, 4.69) is 16.0 Å². The molecule has 0 fully saturated rings. The average Bonchev–Trinajstić information content (AvgIpc) is 3.06. The lowest BCUT2D eigenvalue weighted by Crippen LogP contribution is -2.57. The highest BCUT2D eigenvalue weighted by atomic mass is 16.6. The van der Waals surface area contributed by atoms with Crippen molar-refractivity contribution in [2.24, 2.45) is 17.6 Å². The molecule has 0 heterocycles. The molecule has 12 heteroatoms. The van der Waals surface area contributed by atoms with Crippen LogP contribution in [0.15, 0.2) is 54.6 Å². The third-order valence-corrected chi connectivity index (χ3v) is 7.58. The van der Waals surface area contributed by atoms with Gasteiger partial charge < -0.3 is 31.5 Å². The van der Waals surface area contributed by atoms with Gasteiger partial charge in [-0.3, -0.25) is 19.2 Å². The molecule has 258 valence electrons. The molecule has 0 aromatic heterocycles. The number of hydrogen-bond acceptors (Lipinski definition) is 8. The van der Waals surface area contributed by atoms with E-state index in [1.807, 2.05) is 63.2 Å². The Kier molecular flexibility index (Phi) is 16.6. The standard InChI is InChI=1S/C35H51N5O7/c1-6-7-9-18-30(42)39-31(33(44)37-19-23(2)3)28(21-41)20-38-32(43)25(5)40(34(45)24(4)36)35(46)47-22-27-16-12-13-17-29(27)26-14-10-8-11-15-26/h8,10-17,23-25,28,31,41H,6-7,9,18-22,36H2,1-5H3,(H,37,44)(H,38,43)(H,39,42)/t24-,25-,28?,31-/m0/s1. The Balaban J connectivity index is 2.18. The molecule has 4 atom stereocenters. The van der Waals surface area contributed by atoms with Crippen LogP contribution in [0.3, 0.4) is 0 Å². The summed E-state index contributed by atoms with van der Waals surface area (Å²) < 4.78 is 5.53. The second-order valence-electron chi connectivity index (χ2n) is 12.1. The fourth-order valence-corrected chi connectivity index (χ4v) is 4.79. The van der Waals surface area contributed by atoms with Crippen LogP contribution in [0.4, 0.5) is 4.79 Å². The SMILES string of the molecule is CCCCCC(=O)N[C@H](C(=O)NCC(C)C)C(CO)CNC(=O)[C@H](C)N(C(=O)OCc1ccccc1-c1ccccc1)C(=O)[C@H](C)N. The highest BCUT2D eigenvalue weighted by Gasteiger charge is 2.36. The second kappa shape index (κ2) is 20.1. The molecule has 5 amide bonds. The average molecular weight is 654 g/mol. The number of benzene rings is 2. The van der Waals surface area contributed by atoms with Gasteiger partial charge in [0, 0.05) is 25.4 Å². The summed E-state index contributed by atoms with van der Waals surface area (Å²) in [5.74, 6) is -3.14. The number of rotatable bonds is 18. The summed E-state index contributed by atoms with van der Waals surface area (Å²) in [5.41, 5.74) is 8.29. The first-order chi connectivity index (χ1) is 22.4. The molecular formula is C35H51N5O7. The topological polar surface area (TPSA) is 180 Å². The van der Waals surface area contributed by atoms with Gasteiger partial charge >= 0.3 is 6.09 Å². The number of nitrogens with zero attached hydrogens (tertiary/aromatic N) is 1. The van der Waals surface area contributed by atoms with E-state index in [0.717, 1.165) is 24.0 Å². The molecule has 1 unspecified atom stereocenters. The van der Waals surface area contributed by atoms with Gasteiger partial charge in [-0.1, -0.05) is 88.2 Å². The van der Waals surface area contributed by atoms with E-state index in [0.29, 0.717) is 23.4 Å². The minimum Gasteiger partial charge on any atom is -0.444 e. The van der Waals surface area contributed by atoms with E-state index < -0.39 is 54.5 Å². The molecule has 2 aromatic rings. The zero-order chi connectivity index (χ0) is 34.9. The summed E-state index contributed by atoms with van der Waals surface area (Å²) in [6.07, 6.45) is 1.59. The number of aliphatic hydroxyl groups excluding tert-OH is 1. The summed E-state index contributed by atoms with van der Waals surface area (Å²) in [6, 6.07) is 13.3. The van der Waals surface area contributed by atoms with E-state index in [9.17, 15) is 29.1 Å². The summed E-state index contributed by atoms with van der Waals surface area (Å²) in [4.78, 5) is 66.1. The summed E-state index contributed by atoms with van der Waals surface area (Å²) in [7, 11) is 0. The van der Waals surface area contributed by atoms with Gasteiger partial charge in [-0.2, -0.15) is 0 Å². The first kappa shape index (κ1) is 38.9. The van der Waals surface area contributed by atoms with Crippen molar-refractivity contribution in [2.45, 2.75) is 85.0 Å². The minimum atomic E-state index is -1.35. The van der Waals surface area contributed by atoms with Crippen molar-refractivity contribution in [1.29, 1.82) is 0 Å². The number of hydrogen-bond donors (Lipinski definition) is 5. The Labute approximate surface area is 277 Å². The maximum absolute atomic E-state index is 13.3. The number of carbonyl (C=O) groups is 5. The number of carbonyl (C=O) groups excluding carboxylic acids is 5. The van der Waals surface area contributed by atoms with Crippen molar-refractivity contribution < 1.29 is 33.8 Å². The van der Waals surface area contributed by atoms with Crippen molar-refractivity contribution in [3.05, 3.63) is 60.2 Å². The number of nitrogens with one attached hydrogen (secondary N) is 3. The van der Waals surface area contributed by atoms with Crippen molar-refractivity contribution in [2.75, 3.05) is 19.7 Å². The fourth-order valence-electron chi connectivity index (χ4n) is 4.79. The van der Waals surface area contributed by atoms with Gasteiger partial charge in [-0.05, 0) is 42.9 Å². The lowest BCUT2D eigenvalue weighted by atomic mass is 9.98. The largest absolute Gasteiger partial charge is 0.444 e. The summed E-state index contributed by atoms with van der Waals surface area (Å²) in [6.45, 7) is 8.03. The number of nitrogens with two attached hydrogens (primary N) is 1. The van der Waals surface area contributed by atoms with Gasteiger partial charge in [-0.15, -0.1) is 0 Å². The maximum Gasteiger partial charge on any atom is 0.417 e. The van der Waals surface area contributed by atoms with Crippen LogP contribution in [0.5, 0.6) is 0 Å². The smallest absolute Gasteiger partial charge is 0.417 e. The third-order valence-electron chi connectivity index (χ3n) is 7.58. The van der Waals surface area contributed by atoms with Crippen LogP contribution in [-0.4, -0.2) is 77.6 Å². The van der Waals surface area contributed by atoms with E-state index in [1.54, 1.807) is 12.1 Å². The Hall–Kier alpha value is -4.29. The Morgan fingerprint density at radius 2 is 1.51 bits per heavy atom. The first-order valence-corrected chi connectivity index (χ1v) is 16.2. The van der Waals surface area contributed by atoms with Crippen molar-refractivity contribution in [3.8, 4) is 11.1 Å². The van der Waals surface area contributed by atoms with Crippen molar-refractivity contribution in [3.63, 3.8) is 0 Å². The van der Waals surface area contributed by atoms with Gasteiger partial charge in [0.1, 0.15) is 18.7 Å². The molecule has 12 nitrogen and oxygen atoms in total. The van der Waals surface area contributed by atoms with E-state index in [4.69, 9.17) is 10.5 Å². The number of imide groups is 1. The van der Waals surface area contributed by atoms with Crippen LogP contribution in [0.1, 0.15) is 65.9 Å². The molecule has 0 bridgehead atoms. The number of amides is 5. The van der Waals surface area contributed by atoms with Crippen LogP contribution >= 0.6 is 0 Å². The van der Waals surface area contributed by atoms with E-state index >= 15 is 0 Å². The Morgan fingerprint density at radius 1 is 0.872 bits per heavy atom. The quantitative estimate of drug-likeness (QED) is 0.152. The normalized spacial score (nSPS) is 13.5. The number of aliphatic hydroxyl groups is 1. The van der Waals surface area contributed by atoms with Gasteiger partial charge in [0.2, 0.25) is 23.6 Å². The maximum atomic E-state index is 13.3. The molecule has 47 heavy (non-hydrogen) atoms. The predicted molar refractivity (Wildman–Crippen MR) is 180 cm³/mol. The molecule has 0 spiro atoms. The Bertz CT molecular complexity index is 1320. The van der Waals surface area contributed by atoms with Crippen LogP contribution in [-0.2, 0) is 30.5 Å². The molecule has 0 saturated carbocycles. The summed E-state index contributed by atoms with van der Waals surface area (Å²) in [5, 5.41) is 18.3. The van der Waals surface area contributed by atoms with Gasteiger partial charge in [0.05, 0.1) is 12.6 Å². The van der Waals surface area contributed by atoms with Crippen LogP contribution in [0, 0.1) is 11.8 Å². The first-order valence-electron chi connectivity index (χ1n) is 16.2. The molecule has 2 aromatic carbocycles. The van der Waals surface area contributed by atoms with Crippen LogP contribution < -0.4 is 21.7 Å². The third kappa shape index (κ3) is 12.4. The minimum absolute atomic E-state index is 0.146. The van der Waals surface area contributed by atoms with E-state index in [-0.39, 0.29) is 31.4 Å². The lowest BCUT2D eigenvalue weighted by Gasteiger charge is -2.29. The van der Waals surface area contributed by atoms with Crippen molar-refractivity contribution in [1.82, 2.24) is 20.9 Å².